The Morgan fingerprint density at radius 2 is 2.00 bits per heavy atom. The largest absolute Gasteiger partial charge is 0.397 e. The van der Waals surface area contributed by atoms with Gasteiger partial charge in [-0.2, -0.15) is 0 Å². The van der Waals surface area contributed by atoms with Crippen molar-refractivity contribution in [1.82, 2.24) is 4.98 Å². The zero-order chi connectivity index (χ0) is 19.1. The van der Waals surface area contributed by atoms with Crippen molar-refractivity contribution < 1.29 is 4.79 Å². The minimum atomic E-state index is -0.290. The number of rotatable bonds is 3. The lowest BCUT2D eigenvalue weighted by atomic mass is 9.88. The fraction of sp³-hybridized carbons (Fsp3) is 0.300. The molecule has 4 rings (SSSR count). The van der Waals surface area contributed by atoms with Crippen LogP contribution in [0.1, 0.15) is 46.3 Å². The number of hydrogen-bond donors (Lipinski definition) is 2. The maximum atomic E-state index is 12.9. The van der Waals surface area contributed by atoms with Crippen molar-refractivity contribution in [2.45, 2.75) is 39.0 Å². The number of anilines is 2. The Morgan fingerprint density at radius 1 is 1.26 bits per heavy atom. The zero-order valence-electron chi connectivity index (χ0n) is 14.9. The van der Waals surface area contributed by atoms with E-state index in [1.54, 1.807) is 18.2 Å². The number of nitrogen functional groups attached to an aromatic ring is 1. The SMILES string of the molecule is CCc1nc2sc(C(=O)Nc3cccc(Cl)c3Cl)c(N)c2c2c1CCCC2. The van der Waals surface area contributed by atoms with E-state index in [1.807, 2.05) is 0 Å². The lowest BCUT2D eigenvalue weighted by molar-refractivity contribution is 0.103. The topological polar surface area (TPSA) is 68.0 Å². The van der Waals surface area contributed by atoms with Crippen LogP contribution in [0, 0.1) is 0 Å². The van der Waals surface area contributed by atoms with Gasteiger partial charge in [0.25, 0.3) is 5.91 Å². The van der Waals surface area contributed by atoms with Crippen LogP contribution in [0.25, 0.3) is 10.2 Å². The first-order valence-electron chi connectivity index (χ1n) is 8.99. The molecule has 1 amide bonds. The summed E-state index contributed by atoms with van der Waals surface area (Å²) in [5.41, 5.74) is 11.1. The lowest BCUT2D eigenvalue weighted by Crippen LogP contribution is -2.13. The molecule has 0 spiro atoms. The number of aryl methyl sites for hydroxylation is 2. The summed E-state index contributed by atoms with van der Waals surface area (Å²) >= 11 is 13.6. The van der Waals surface area contributed by atoms with E-state index in [4.69, 9.17) is 33.9 Å². The third kappa shape index (κ3) is 3.18. The molecule has 0 radical (unpaired) electrons. The van der Waals surface area contributed by atoms with Gasteiger partial charge in [-0.1, -0.05) is 36.2 Å². The minimum absolute atomic E-state index is 0.290. The minimum Gasteiger partial charge on any atom is -0.397 e. The second-order valence-corrected chi connectivity index (χ2v) is 8.44. The number of carbonyl (C=O) groups excluding carboxylic acids is 1. The molecule has 1 aromatic carbocycles. The number of fused-ring (bicyclic) bond motifs is 3. The van der Waals surface area contributed by atoms with Crippen molar-refractivity contribution in [2.24, 2.45) is 0 Å². The molecule has 2 aromatic heterocycles. The van der Waals surface area contributed by atoms with Gasteiger partial charge in [0, 0.05) is 11.1 Å². The maximum Gasteiger partial charge on any atom is 0.267 e. The summed E-state index contributed by atoms with van der Waals surface area (Å²) in [4.78, 5) is 19.0. The highest BCUT2D eigenvalue weighted by Gasteiger charge is 2.25. The number of halogens is 2. The van der Waals surface area contributed by atoms with Gasteiger partial charge in [0.1, 0.15) is 9.71 Å². The Bertz CT molecular complexity index is 1060. The molecule has 2 heterocycles. The first-order chi connectivity index (χ1) is 13.0. The second-order valence-electron chi connectivity index (χ2n) is 6.66. The van der Waals surface area contributed by atoms with Gasteiger partial charge < -0.3 is 11.1 Å². The van der Waals surface area contributed by atoms with Crippen molar-refractivity contribution in [3.8, 4) is 0 Å². The molecular weight excluding hydrogens is 401 g/mol. The summed E-state index contributed by atoms with van der Waals surface area (Å²) in [5.74, 6) is -0.290. The van der Waals surface area contributed by atoms with Gasteiger partial charge in [-0.3, -0.25) is 4.79 Å². The van der Waals surface area contributed by atoms with E-state index in [9.17, 15) is 4.79 Å². The van der Waals surface area contributed by atoms with Crippen LogP contribution in [0.15, 0.2) is 18.2 Å². The zero-order valence-corrected chi connectivity index (χ0v) is 17.2. The van der Waals surface area contributed by atoms with Gasteiger partial charge in [-0.15, -0.1) is 11.3 Å². The van der Waals surface area contributed by atoms with E-state index < -0.39 is 0 Å². The van der Waals surface area contributed by atoms with E-state index in [-0.39, 0.29) is 5.91 Å². The summed E-state index contributed by atoms with van der Waals surface area (Å²) in [7, 11) is 0. The molecule has 0 saturated carbocycles. The number of amides is 1. The number of hydrogen-bond acceptors (Lipinski definition) is 4. The number of nitrogens with one attached hydrogen (secondary N) is 1. The quantitative estimate of drug-likeness (QED) is 0.556. The molecule has 0 aliphatic heterocycles. The molecule has 4 nitrogen and oxygen atoms in total. The average molecular weight is 420 g/mol. The number of nitrogens with two attached hydrogens (primary N) is 1. The maximum absolute atomic E-state index is 12.9. The van der Waals surface area contributed by atoms with Crippen LogP contribution in [0.4, 0.5) is 11.4 Å². The summed E-state index contributed by atoms with van der Waals surface area (Å²) in [6.07, 6.45) is 5.23. The average Bonchev–Trinajstić information content (AvgIpc) is 3.01. The summed E-state index contributed by atoms with van der Waals surface area (Å²) < 4.78 is 0. The number of benzene rings is 1. The second kappa shape index (κ2) is 7.30. The highest BCUT2D eigenvalue weighted by atomic mass is 35.5. The van der Waals surface area contributed by atoms with Crippen LogP contribution >= 0.6 is 34.5 Å². The van der Waals surface area contributed by atoms with Crippen LogP contribution in [0.3, 0.4) is 0 Å². The van der Waals surface area contributed by atoms with E-state index in [0.717, 1.165) is 41.6 Å². The van der Waals surface area contributed by atoms with E-state index >= 15 is 0 Å². The summed E-state index contributed by atoms with van der Waals surface area (Å²) in [5, 5.41) is 4.48. The predicted molar refractivity (Wildman–Crippen MR) is 114 cm³/mol. The molecule has 3 N–H and O–H groups in total. The molecule has 27 heavy (non-hydrogen) atoms. The van der Waals surface area contributed by atoms with Crippen molar-refractivity contribution in [2.75, 3.05) is 11.1 Å². The number of thiophene rings is 1. The third-order valence-corrected chi connectivity index (χ3v) is 6.94. The first-order valence-corrected chi connectivity index (χ1v) is 10.6. The van der Waals surface area contributed by atoms with Gasteiger partial charge in [0.2, 0.25) is 0 Å². The molecule has 0 fully saturated rings. The van der Waals surface area contributed by atoms with Gasteiger partial charge in [0.05, 0.1) is 21.4 Å². The highest BCUT2D eigenvalue weighted by molar-refractivity contribution is 7.21. The number of aromatic nitrogens is 1. The van der Waals surface area contributed by atoms with Crippen LogP contribution < -0.4 is 11.1 Å². The Labute approximate surface area is 171 Å². The third-order valence-electron chi connectivity index (χ3n) is 5.02. The molecule has 1 aliphatic rings. The Hall–Kier alpha value is -1.82. The number of pyridine rings is 1. The van der Waals surface area contributed by atoms with Crippen LogP contribution in [-0.4, -0.2) is 10.9 Å². The van der Waals surface area contributed by atoms with Gasteiger partial charge in [-0.05, 0) is 55.4 Å². The van der Waals surface area contributed by atoms with Gasteiger partial charge in [0.15, 0.2) is 0 Å². The fourth-order valence-electron chi connectivity index (χ4n) is 3.73. The standard InChI is InChI=1S/C20H19Cl2N3OS/c1-2-13-10-6-3-4-7-11(10)15-17(23)18(27-20(15)25-13)19(26)24-14-9-5-8-12(21)16(14)22/h5,8-9H,2-4,6-7,23H2,1H3,(H,24,26). The van der Waals surface area contributed by atoms with Gasteiger partial charge >= 0.3 is 0 Å². The molecule has 7 heteroatoms. The lowest BCUT2D eigenvalue weighted by Gasteiger charge is -2.19. The van der Waals surface area contributed by atoms with Crippen molar-refractivity contribution in [3.63, 3.8) is 0 Å². The molecule has 0 atom stereocenters. The van der Waals surface area contributed by atoms with Gasteiger partial charge in [-0.25, -0.2) is 4.98 Å². The molecule has 3 aromatic rings. The van der Waals surface area contributed by atoms with Crippen molar-refractivity contribution >= 4 is 62.0 Å². The van der Waals surface area contributed by atoms with Crippen LogP contribution in [0.2, 0.25) is 10.0 Å². The molecule has 140 valence electrons. The fourth-order valence-corrected chi connectivity index (χ4v) is 5.12. The van der Waals surface area contributed by atoms with E-state index in [2.05, 4.69) is 12.2 Å². The first kappa shape index (κ1) is 18.5. The summed E-state index contributed by atoms with van der Waals surface area (Å²) in [6.45, 7) is 2.12. The predicted octanol–water partition coefficient (Wildman–Crippen LogP) is 5.88. The van der Waals surface area contributed by atoms with Crippen LogP contribution in [0.5, 0.6) is 0 Å². The number of nitrogens with zero attached hydrogens (tertiary/aromatic N) is 1. The van der Waals surface area contributed by atoms with Crippen molar-refractivity contribution in [3.05, 3.63) is 49.9 Å². The normalized spacial score (nSPS) is 13.6. The monoisotopic (exact) mass is 419 g/mol. The molecule has 0 saturated heterocycles. The highest BCUT2D eigenvalue weighted by Crippen LogP contribution is 2.40. The Kier molecular flexibility index (Phi) is 5.01. The van der Waals surface area contributed by atoms with E-state index in [0.29, 0.717) is 26.3 Å². The smallest absolute Gasteiger partial charge is 0.267 e. The molecule has 0 bridgehead atoms. The Balaban J connectivity index is 1.80. The van der Waals surface area contributed by atoms with E-state index in [1.165, 1.54) is 28.9 Å². The molecule has 1 aliphatic carbocycles. The van der Waals surface area contributed by atoms with Crippen molar-refractivity contribution in [1.29, 1.82) is 0 Å². The molecular formula is C20H19Cl2N3OS. The van der Waals surface area contributed by atoms with Crippen LogP contribution in [-0.2, 0) is 19.3 Å². The summed E-state index contributed by atoms with van der Waals surface area (Å²) in [6, 6.07) is 5.13. The number of carbonyl (C=O) groups is 1. The molecule has 0 unspecified atom stereocenters. The Morgan fingerprint density at radius 3 is 2.74 bits per heavy atom.